The molecule has 0 aliphatic heterocycles. The summed E-state index contributed by atoms with van der Waals surface area (Å²) < 4.78 is 4.93. The first-order valence-corrected chi connectivity index (χ1v) is 9.05. The van der Waals surface area contributed by atoms with E-state index in [0.717, 1.165) is 24.8 Å². The zero-order chi connectivity index (χ0) is 19.2. The van der Waals surface area contributed by atoms with Crippen molar-refractivity contribution in [2.24, 2.45) is 0 Å². The normalized spacial score (nSPS) is 19.6. The molecule has 0 bridgehead atoms. The number of hydrogen-bond donors (Lipinski definition) is 2. The van der Waals surface area contributed by atoms with Gasteiger partial charge < -0.3 is 15.0 Å². The molecule has 6 heteroatoms. The van der Waals surface area contributed by atoms with Gasteiger partial charge in [0.15, 0.2) is 0 Å². The maximum Gasteiger partial charge on any atom is 0.343 e. The lowest BCUT2D eigenvalue weighted by atomic mass is 10.0. The van der Waals surface area contributed by atoms with E-state index in [0.29, 0.717) is 11.3 Å². The van der Waals surface area contributed by atoms with Crippen molar-refractivity contribution in [1.82, 2.24) is 9.97 Å². The van der Waals surface area contributed by atoms with Crippen LogP contribution in [0.2, 0.25) is 0 Å². The summed E-state index contributed by atoms with van der Waals surface area (Å²) in [6.07, 6.45) is 12.2. The van der Waals surface area contributed by atoms with E-state index in [4.69, 9.17) is 4.74 Å². The standard InChI is InChI=1S/C21H23N3O3/c1-3-27-21(26)16-13-22-17-10-11-18(24-19(17)20(16)25)23-15-9-7-5-4-6-8-14(2)12-15/h4-6,8,10-11,13,15H,2-3,7,9,12H2,1H3,(H,22,25)(H,23,24)/b5-4-,8-6-. The number of pyridine rings is 2. The minimum absolute atomic E-state index is 0.0416. The molecule has 0 amide bonds. The molecule has 1 aliphatic rings. The van der Waals surface area contributed by atoms with Gasteiger partial charge in [0.05, 0.1) is 12.1 Å². The lowest BCUT2D eigenvalue weighted by molar-refractivity contribution is 0.0524. The monoisotopic (exact) mass is 365 g/mol. The summed E-state index contributed by atoms with van der Waals surface area (Å²) in [7, 11) is 0. The molecule has 2 aromatic rings. The molecule has 2 aromatic heterocycles. The molecule has 1 unspecified atom stereocenters. The van der Waals surface area contributed by atoms with Crippen molar-refractivity contribution in [2.75, 3.05) is 11.9 Å². The summed E-state index contributed by atoms with van der Waals surface area (Å²) in [4.78, 5) is 32.0. The molecule has 2 N–H and O–H groups in total. The van der Waals surface area contributed by atoms with Gasteiger partial charge in [-0.25, -0.2) is 9.78 Å². The Morgan fingerprint density at radius 1 is 1.41 bits per heavy atom. The highest BCUT2D eigenvalue weighted by molar-refractivity contribution is 5.92. The second-order valence-electron chi connectivity index (χ2n) is 6.41. The number of fused-ring (bicyclic) bond motifs is 1. The quantitative estimate of drug-likeness (QED) is 0.807. The fourth-order valence-corrected chi connectivity index (χ4v) is 3.02. The lowest BCUT2D eigenvalue weighted by Crippen LogP contribution is -2.22. The second-order valence-corrected chi connectivity index (χ2v) is 6.41. The second kappa shape index (κ2) is 8.49. The Bertz CT molecular complexity index is 972. The Hall–Kier alpha value is -3.15. The van der Waals surface area contributed by atoms with Crippen molar-refractivity contribution in [1.29, 1.82) is 0 Å². The van der Waals surface area contributed by atoms with Crippen LogP contribution in [0.5, 0.6) is 0 Å². The maximum atomic E-state index is 12.6. The smallest absolute Gasteiger partial charge is 0.343 e. The van der Waals surface area contributed by atoms with Gasteiger partial charge in [-0.3, -0.25) is 4.79 Å². The first kappa shape index (κ1) is 18.6. The number of carbonyl (C=O) groups is 1. The van der Waals surface area contributed by atoms with E-state index in [9.17, 15) is 9.59 Å². The van der Waals surface area contributed by atoms with Crippen LogP contribution in [0.25, 0.3) is 11.0 Å². The SMILES string of the molecule is C=C1/C=C\C=C/CCC(Nc2ccc3[nH]cc(C(=O)OCC)c(=O)c3n2)C1. The van der Waals surface area contributed by atoms with E-state index in [1.807, 2.05) is 24.3 Å². The molecule has 0 fully saturated rings. The van der Waals surface area contributed by atoms with Crippen molar-refractivity contribution in [3.63, 3.8) is 0 Å². The fourth-order valence-electron chi connectivity index (χ4n) is 3.02. The zero-order valence-corrected chi connectivity index (χ0v) is 15.3. The summed E-state index contributed by atoms with van der Waals surface area (Å²) in [5, 5.41) is 3.39. The average molecular weight is 365 g/mol. The van der Waals surface area contributed by atoms with Gasteiger partial charge in [0, 0.05) is 12.2 Å². The summed E-state index contributed by atoms with van der Waals surface area (Å²) in [5.41, 5.74) is 1.34. The van der Waals surface area contributed by atoms with Crippen LogP contribution in [0, 0.1) is 0 Å². The van der Waals surface area contributed by atoms with Crippen molar-refractivity contribution in [3.05, 3.63) is 70.6 Å². The van der Waals surface area contributed by atoms with Gasteiger partial charge in [-0.15, -0.1) is 0 Å². The number of anilines is 1. The number of rotatable bonds is 4. The van der Waals surface area contributed by atoms with Crippen LogP contribution in [0.4, 0.5) is 5.82 Å². The van der Waals surface area contributed by atoms with Crippen molar-refractivity contribution >= 4 is 22.8 Å². The minimum atomic E-state index is -0.646. The van der Waals surface area contributed by atoms with Crippen LogP contribution in [-0.4, -0.2) is 28.6 Å². The Labute approximate surface area is 157 Å². The molecule has 3 rings (SSSR count). The molecule has 6 nitrogen and oxygen atoms in total. The van der Waals surface area contributed by atoms with Crippen molar-refractivity contribution in [3.8, 4) is 0 Å². The third-order valence-electron chi connectivity index (χ3n) is 4.34. The van der Waals surface area contributed by atoms with Gasteiger partial charge in [-0.2, -0.15) is 0 Å². The summed E-state index contributed by atoms with van der Waals surface area (Å²) in [5.74, 6) is -0.0500. The van der Waals surface area contributed by atoms with Gasteiger partial charge in [0.25, 0.3) is 0 Å². The number of hydrogen-bond acceptors (Lipinski definition) is 5. The third kappa shape index (κ3) is 4.53. The predicted octanol–water partition coefficient (Wildman–Crippen LogP) is 3.73. The van der Waals surface area contributed by atoms with E-state index < -0.39 is 11.4 Å². The van der Waals surface area contributed by atoms with E-state index in [1.165, 1.54) is 6.20 Å². The van der Waals surface area contributed by atoms with Crippen molar-refractivity contribution in [2.45, 2.75) is 32.2 Å². The fraction of sp³-hybridized carbons (Fsp3) is 0.286. The maximum absolute atomic E-state index is 12.6. The van der Waals surface area contributed by atoms with Crippen LogP contribution in [0.15, 0.2) is 59.6 Å². The molecule has 1 aliphatic carbocycles. The Kier molecular flexibility index (Phi) is 5.86. The number of nitrogens with one attached hydrogen (secondary N) is 2. The molecule has 0 radical (unpaired) electrons. The number of nitrogens with zero attached hydrogens (tertiary/aromatic N) is 1. The summed E-state index contributed by atoms with van der Waals surface area (Å²) >= 11 is 0. The largest absolute Gasteiger partial charge is 0.462 e. The number of aromatic amines is 1. The number of esters is 1. The average Bonchev–Trinajstić information content (AvgIpc) is 2.74. The molecule has 0 saturated heterocycles. The van der Waals surface area contributed by atoms with E-state index in [1.54, 1.807) is 13.0 Å². The number of aromatic nitrogens is 2. The first-order chi connectivity index (χ1) is 13.1. The minimum Gasteiger partial charge on any atom is -0.462 e. The molecular formula is C21H23N3O3. The zero-order valence-electron chi connectivity index (χ0n) is 15.3. The summed E-state index contributed by atoms with van der Waals surface area (Å²) in [6.45, 7) is 5.98. The number of H-pyrrole nitrogens is 1. The van der Waals surface area contributed by atoms with Crippen LogP contribution in [0.1, 0.15) is 36.5 Å². The first-order valence-electron chi connectivity index (χ1n) is 9.05. The van der Waals surface area contributed by atoms with Crippen LogP contribution in [0.3, 0.4) is 0 Å². The Balaban J connectivity index is 1.88. The molecule has 0 saturated carbocycles. The molecule has 27 heavy (non-hydrogen) atoms. The highest BCUT2D eigenvalue weighted by Gasteiger charge is 2.16. The van der Waals surface area contributed by atoms with Crippen molar-refractivity contribution < 1.29 is 9.53 Å². The molecule has 0 spiro atoms. The number of carbonyl (C=O) groups excluding carboxylic acids is 1. The van der Waals surface area contributed by atoms with Gasteiger partial charge in [0.1, 0.15) is 16.9 Å². The predicted molar refractivity (Wildman–Crippen MR) is 107 cm³/mol. The molecular weight excluding hydrogens is 342 g/mol. The van der Waals surface area contributed by atoms with Crippen LogP contribution >= 0.6 is 0 Å². The molecule has 1 atom stereocenters. The van der Waals surface area contributed by atoms with E-state index >= 15 is 0 Å². The lowest BCUT2D eigenvalue weighted by Gasteiger charge is -2.19. The van der Waals surface area contributed by atoms with E-state index in [2.05, 4.69) is 27.9 Å². The highest BCUT2D eigenvalue weighted by Crippen LogP contribution is 2.18. The number of ether oxygens (including phenoxy) is 1. The summed E-state index contributed by atoms with van der Waals surface area (Å²) in [6, 6.07) is 3.76. The highest BCUT2D eigenvalue weighted by atomic mass is 16.5. The topological polar surface area (TPSA) is 84.1 Å². The van der Waals surface area contributed by atoms with Crippen LogP contribution < -0.4 is 10.7 Å². The van der Waals surface area contributed by atoms with E-state index in [-0.39, 0.29) is 23.7 Å². The number of allylic oxidation sites excluding steroid dienone is 4. The third-order valence-corrected chi connectivity index (χ3v) is 4.34. The van der Waals surface area contributed by atoms with Crippen LogP contribution in [-0.2, 0) is 4.74 Å². The van der Waals surface area contributed by atoms with Gasteiger partial charge in [0.2, 0.25) is 5.43 Å². The Morgan fingerprint density at radius 2 is 2.26 bits per heavy atom. The molecule has 2 heterocycles. The van der Waals surface area contributed by atoms with Gasteiger partial charge >= 0.3 is 5.97 Å². The molecule has 140 valence electrons. The molecule has 0 aromatic carbocycles. The van der Waals surface area contributed by atoms with Gasteiger partial charge in [-0.05, 0) is 38.3 Å². The van der Waals surface area contributed by atoms with Gasteiger partial charge in [-0.1, -0.05) is 36.5 Å². The Morgan fingerprint density at radius 3 is 3.07 bits per heavy atom.